The molecule has 1 atom stereocenters. The first-order valence-corrected chi connectivity index (χ1v) is 7.64. The molecule has 1 aromatic rings. The van der Waals surface area contributed by atoms with Crippen molar-refractivity contribution in [1.82, 2.24) is 14.7 Å². The minimum atomic E-state index is 0.477. The van der Waals surface area contributed by atoms with E-state index in [1.807, 2.05) is 0 Å². The van der Waals surface area contributed by atoms with Crippen LogP contribution >= 0.6 is 0 Å². The molecule has 1 aromatic heterocycles. The van der Waals surface area contributed by atoms with Crippen LogP contribution in [0.1, 0.15) is 58.7 Å². The Labute approximate surface area is 118 Å². The summed E-state index contributed by atoms with van der Waals surface area (Å²) in [5.41, 5.74) is 6.89. The SMILES string of the molecule is CCC(CC)N(CCN)Cc1ccn(C(C)CC)n1. The fourth-order valence-corrected chi connectivity index (χ4v) is 2.46. The minimum absolute atomic E-state index is 0.477. The van der Waals surface area contributed by atoms with E-state index < -0.39 is 0 Å². The summed E-state index contributed by atoms with van der Waals surface area (Å²) in [6.07, 6.45) is 5.54. The lowest BCUT2D eigenvalue weighted by Gasteiger charge is -2.29. The molecule has 0 aromatic carbocycles. The van der Waals surface area contributed by atoms with E-state index in [1.165, 1.54) is 12.8 Å². The van der Waals surface area contributed by atoms with E-state index in [0.29, 0.717) is 18.6 Å². The van der Waals surface area contributed by atoms with Crippen molar-refractivity contribution >= 4 is 0 Å². The van der Waals surface area contributed by atoms with Gasteiger partial charge in [-0.3, -0.25) is 9.58 Å². The Hall–Kier alpha value is -0.870. The van der Waals surface area contributed by atoms with Crippen LogP contribution in [0.3, 0.4) is 0 Å². The summed E-state index contributed by atoms with van der Waals surface area (Å²) >= 11 is 0. The summed E-state index contributed by atoms with van der Waals surface area (Å²) in [5.74, 6) is 0. The Morgan fingerprint density at radius 2 is 1.95 bits per heavy atom. The molecule has 0 spiro atoms. The quantitative estimate of drug-likeness (QED) is 0.747. The molecule has 0 fully saturated rings. The summed E-state index contributed by atoms with van der Waals surface area (Å²) in [5, 5.41) is 4.69. The Bertz CT molecular complexity index is 344. The van der Waals surface area contributed by atoms with Crippen LogP contribution < -0.4 is 5.73 Å². The zero-order valence-electron chi connectivity index (χ0n) is 13.0. The Kier molecular flexibility index (Phi) is 7.10. The lowest BCUT2D eigenvalue weighted by molar-refractivity contribution is 0.179. The van der Waals surface area contributed by atoms with Gasteiger partial charge >= 0.3 is 0 Å². The third kappa shape index (κ3) is 4.62. The lowest BCUT2D eigenvalue weighted by Crippen LogP contribution is -2.37. The molecule has 0 bridgehead atoms. The van der Waals surface area contributed by atoms with Gasteiger partial charge in [0.15, 0.2) is 0 Å². The van der Waals surface area contributed by atoms with E-state index in [2.05, 4.69) is 54.6 Å². The largest absolute Gasteiger partial charge is 0.329 e. The van der Waals surface area contributed by atoms with Crippen LogP contribution in [0, 0.1) is 0 Å². The van der Waals surface area contributed by atoms with Crippen molar-refractivity contribution in [2.75, 3.05) is 13.1 Å². The van der Waals surface area contributed by atoms with E-state index in [0.717, 1.165) is 25.2 Å². The van der Waals surface area contributed by atoms with Gasteiger partial charge in [-0.2, -0.15) is 5.10 Å². The average molecular weight is 266 g/mol. The van der Waals surface area contributed by atoms with Gasteiger partial charge in [-0.1, -0.05) is 20.8 Å². The molecule has 0 aliphatic carbocycles. The standard InChI is InChI=1S/C15H30N4/c1-5-13(4)19-10-8-14(17-19)12-18(11-9-16)15(6-2)7-3/h8,10,13,15H,5-7,9,11-12,16H2,1-4H3. The summed E-state index contributed by atoms with van der Waals surface area (Å²) in [6, 6.07) is 3.22. The molecule has 1 unspecified atom stereocenters. The van der Waals surface area contributed by atoms with Crippen molar-refractivity contribution in [3.63, 3.8) is 0 Å². The molecule has 4 nitrogen and oxygen atoms in total. The van der Waals surface area contributed by atoms with Gasteiger partial charge in [0.2, 0.25) is 0 Å². The molecular formula is C15H30N4. The highest BCUT2D eigenvalue weighted by atomic mass is 15.3. The molecule has 0 aliphatic rings. The number of rotatable bonds is 9. The van der Waals surface area contributed by atoms with Crippen LogP contribution in [0.25, 0.3) is 0 Å². The zero-order chi connectivity index (χ0) is 14.3. The molecular weight excluding hydrogens is 236 g/mol. The molecule has 19 heavy (non-hydrogen) atoms. The summed E-state index contributed by atoms with van der Waals surface area (Å²) in [7, 11) is 0. The van der Waals surface area contributed by atoms with Gasteiger partial charge in [0.25, 0.3) is 0 Å². The minimum Gasteiger partial charge on any atom is -0.329 e. The second-order valence-electron chi connectivity index (χ2n) is 5.27. The predicted octanol–water partition coefficient (Wildman–Crippen LogP) is 2.80. The van der Waals surface area contributed by atoms with Crippen LogP contribution in [0.15, 0.2) is 12.3 Å². The topological polar surface area (TPSA) is 47.1 Å². The van der Waals surface area contributed by atoms with E-state index in [4.69, 9.17) is 5.73 Å². The second-order valence-corrected chi connectivity index (χ2v) is 5.27. The van der Waals surface area contributed by atoms with Crippen molar-refractivity contribution in [3.8, 4) is 0 Å². The number of hydrogen-bond acceptors (Lipinski definition) is 3. The first kappa shape index (κ1) is 16.2. The molecule has 0 amide bonds. The molecule has 4 heteroatoms. The van der Waals surface area contributed by atoms with E-state index in [-0.39, 0.29) is 0 Å². The van der Waals surface area contributed by atoms with Gasteiger partial charge in [0, 0.05) is 37.9 Å². The van der Waals surface area contributed by atoms with Gasteiger partial charge in [-0.05, 0) is 32.3 Å². The Morgan fingerprint density at radius 3 is 2.47 bits per heavy atom. The maximum atomic E-state index is 5.74. The van der Waals surface area contributed by atoms with E-state index in [1.54, 1.807) is 0 Å². The van der Waals surface area contributed by atoms with Gasteiger partial charge in [0.1, 0.15) is 0 Å². The molecule has 0 saturated carbocycles. The van der Waals surface area contributed by atoms with Crippen molar-refractivity contribution in [3.05, 3.63) is 18.0 Å². The molecule has 0 radical (unpaired) electrons. The van der Waals surface area contributed by atoms with E-state index >= 15 is 0 Å². The number of hydrogen-bond donors (Lipinski definition) is 1. The fourth-order valence-electron chi connectivity index (χ4n) is 2.46. The highest BCUT2D eigenvalue weighted by Gasteiger charge is 2.16. The normalized spacial score (nSPS) is 13.4. The average Bonchev–Trinajstić information content (AvgIpc) is 2.88. The van der Waals surface area contributed by atoms with Crippen molar-refractivity contribution in [2.24, 2.45) is 5.73 Å². The third-order valence-corrected chi connectivity index (χ3v) is 3.95. The maximum absolute atomic E-state index is 5.74. The number of nitrogens with zero attached hydrogens (tertiary/aromatic N) is 3. The highest BCUT2D eigenvalue weighted by molar-refractivity contribution is 5.00. The lowest BCUT2D eigenvalue weighted by atomic mass is 10.1. The zero-order valence-corrected chi connectivity index (χ0v) is 13.0. The molecule has 0 saturated heterocycles. The molecule has 110 valence electrons. The van der Waals surface area contributed by atoms with Gasteiger partial charge < -0.3 is 5.73 Å². The van der Waals surface area contributed by atoms with Gasteiger partial charge in [-0.15, -0.1) is 0 Å². The number of aromatic nitrogens is 2. The Balaban J connectivity index is 2.70. The predicted molar refractivity (Wildman–Crippen MR) is 81.1 cm³/mol. The first-order valence-electron chi connectivity index (χ1n) is 7.64. The molecule has 1 rings (SSSR count). The third-order valence-electron chi connectivity index (χ3n) is 3.95. The van der Waals surface area contributed by atoms with Gasteiger partial charge in [-0.25, -0.2) is 0 Å². The second kappa shape index (κ2) is 8.33. The summed E-state index contributed by atoms with van der Waals surface area (Å²) < 4.78 is 2.07. The van der Waals surface area contributed by atoms with Crippen LogP contribution in [-0.4, -0.2) is 33.8 Å². The van der Waals surface area contributed by atoms with Crippen LogP contribution in [0.2, 0.25) is 0 Å². The van der Waals surface area contributed by atoms with E-state index in [9.17, 15) is 0 Å². The smallest absolute Gasteiger partial charge is 0.0765 e. The maximum Gasteiger partial charge on any atom is 0.0765 e. The summed E-state index contributed by atoms with van der Waals surface area (Å²) in [6.45, 7) is 11.5. The Morgan fingerprint density at radius 1 is 1.26 bits per heavy atom. The highest BCUT2D eigenvalue weighted by Crippen LogP contribution is 2.14. The van der Waals surface area contributed by atoms with Crippen LogP contribution in [-0.2, 0) is 6.54 Å². The van der Waals surface area contributed by atoms with Crippen LogP contribution in [0.5, 0.6) is 0 Å². The first-order chi connectivity index (χ1) is 9.15. The van der Waals surface area contributed by atoms with Crippen molar-refractivity contribution in [2.45, 2.75) is 65.6 Å². The summed E-state index contributed by atoms with van der Waals surface area (Å²) in [4.78, 5) is 2.46. The van der Waals surface area contributed by atoms with Gasteiger partial charge in [0.05, 0.1) is 5.69 Å². The molecule has 2 N–H and O–H groups in total. The molecule has 1 heterocycles. The monoisotopic (exact) mass is 266 g/mol. The van der Waals surface area contributed by atoms with Crippen molar-refractivity contribution in [1.29, 1.82) is 0 Å². The van der Waals surface area contributed by atoms with Crippen LogP contribution in [0.4, 0.5) is 0 Å². The fraction of sp³-hybridized carbons (Fsp3) is 0.800. The molecule has 0 aliphatic heterocycles. The van der Waals surface area contributed by atoms with Crippen molar-refractivity contribution < 1.29 is 0 Å². The number of nitrogens with two attached hydrogens (primary N) is 1.